The smallest absolute Gasteiger partial charge is 0.303 e. The van der Waals surface area contributed by atoms with Gasteiger partial charge in [0.2, 0.25) is 0 Å². The zero-order chi connectivity index (χ0) is 22.3. The van der Waals surface area contributed by atoms with Gasteiger partial charge in [-0.25, -0.2) is 0 Å². The van der Waals surface area contributed by atoms with E-state index in [1.54, 1.807) is 24.3 Å². The van der Waals surface area contributed by atoms with Gasteiger partial charge in [0.25, 0.3) is 5.91 Å². The van der Waals surface area contributed by atoms with Gasteiger partial charge in [0.1, 0.15) is 5.75 Å². The highest BCUT2D eigenvalue weighted by molar-refractivity contribution is 7.90. The molecule has 0 saturated carbocycles. The second kappa shape index (κ2) is 10.4. The van der Waals surface area contributed by atoms with Crippen LogP contribution in [0.15, 0.2) is 48.5 Å². The molecule has 0 fully saturated rings. The van der Waals surface area contributed by atoms with E-state index in [0.29, 0.717) is 17.8 Å². The van der Waals surface area contributed by atoms with Crippen LogP contribution in [-0.4, -0.2) is 52.4 Å². The number of nitrogens with one attached hydrogen (secondary N) is 1. The summed E-state index contributed by atoms with van der Waals surface area (Å²) in [5.41, 5.74) is 2.14. The zero-order valence-electron chi connectivity index (χ0n) is 18.3. The number of hydrogen-bond acceptors (Lipinski definition) is 4. The van der Waals surface area contributed by atoms with E-state index in [-0.39, 0.29) is 12.0 Å². The van der Waals surface area contributed by atoms with Gasteiger partial charge in [0, 0.05) is 33.3 Å². The average molecular weight is 434 g/mol. The highest BCUT2D eigenvalue weighted by Crippen LogP contribution is 2.18. The Morgan fingerprint density at radius 1 is 1.07 bits per heavy atom. The fourth-order valence-electron chi connectivity index (χ4n) is 2.84. The predicted molar refractivity (Wildman–Crippen MR) is 120 cm³/mol. The SMILES string of the molecule is CC(C)Oc1cccc(CCCNC(=O)c2ccc(N(C)S(=O)(=O)N(C)C)cc2)c1. The Bertz CT molecular complexity index is 941. The van der Waals surface area contributed by atoms with Crippen LogP contribution in [0.25, 0.3) is 0 Å². The summed E-state index contributed by atoms with van der Waals surface area (Å²) in [5.74, 6) is 0.671. The van der Waals surface area contributed by atoms with E-state index in [1.165, 1.54) is 25.4 Å². The lowest BCUT2D eigenvalue weighted by molar-refractivity contribution is 0.0953. The molecule has 1 amide bonds. The fourth-order valence-corrected chi connectivity index (χ4v) is 3.72. The third kappa shape index (κ3) is 6.47. The molecule has 164 valence electrons. The largest absolute Gasteiger partial charge is 0.491 e. The summed E-state index contributed by atoms with van der Waals surface area (Å²) in [4.78, 5) is 12.3. The molecule has 7 nitrogen and oxygen atoms in total. The number of rotatable bonds is 10. The summed E-state index contributed by atoms with van der Waals surface area (Å²) < 4.78 is 32.4. The first-order valence-corrected chi connectivity index (χ1v) is 11.3. The molecule has 0 spiro atoms. The molecular formula is C22H31N3O4S. The van der Waals surface area contributed by atoms with Gasteiger partial charge in [0.15, 0.2) is 0 Å². The first kappa shape index (κ1) is 23.7. The van der Waals surface area contributed by atoms with Crippen molar-refractivity contribution in [3.63, 3.8) is 0 Å². The van der Waals surface area contributed by atoms with E-state index in [2.05, 4.69) is 5.32 Å². The number of benzene rings is 2. The first-order chi connectivity index (χ1) is 14.1. The van der Waals surface area contributed by atoms with Gasteiger partial charge < -0.3 is 10.1 Å². The van der Waals surface area contributed by atoms with Crippen LogP contribution in [0.1, 0.15) is 36.2 Å². The number of hydrogen-bond donors (Lipinski definition) is 1. The highest BCUT2D eigenvalue weighted by atomic mass is 32.2. The van der Waals surface area contributed by atoms with Crippen LogP contribution in [0.4, 0.5) is 5.69 Å². The van der Waals surface area contributed by atoms with E-state index in [9.17, 15) is 13.2 Å². The minimum atomic E-state index is -3.56. The Balaban J connectivity index is 1.86. The van der Waals surface area contributed by atoms with Gasteiger partial charge in [-0.3, -0.25) is 9.10 Å². The number of amides is 1. The molecule has 2 aromatic rings. The Morgan fingerprint density at radius 3 is 2.33 bits per heavy atom. The average Bonchev–Trinajstić information content (AvgIpc) is 2.70. The monoisotopic (exact) mass is 433 g/mol. The lowest BCUT2D eigenvalue weighted by Crippen LogP contribution is -2.37. The summed E-state index contributed by atoms with van der Waals surface area (Å²) in [6.45, 7) is 4.53. The first-order valence-electron chi connectivity index (χ1n) is 9.91. The van der Waals surface area contributed by atoms with Gasteiger partial charge >= 0.3 is 10.2 Å². The van der Waals surface area contributed by atoms with Crippen molar-refractivity contribution < 1.29 is 17.9 Å². The predicted octanol–water partition coefficient (Wildman–Crippen LogP) is 3.08. The van der Waals surface area contributed by atoms with Crippen molar-refractivity contribution in [1.29, 1.82) is 0 Å². The molecule has 0 aliphatic rings. The normalized spacial score (nSPS) is 11.6. The molecule has 0 atom stereocenters. The van der Waals surface area contributed by atoms with Crippen LogP contribution in [-0.2, 0) is 16.6 Å². The van der Waals surface area contributed by atoms with E-state index in [0.717, 1.165) is 28.5 Å². The number of carbonyl (C=O) groups excluding carboxylic acids is 1. The molecular weight excluding hydrogens is 402 g/mol. The molecule has 8 heteroatoms. The molecule has 0 saturated heterocycles. The van der Waals surface area contributed by atoms with Crippen LogP contribution in [0.2, 0.25) is 0 Å². The van der Waals surface area contributed by atoms with Crippen molar-refractivity contribution in [3.8, 4) is 5.75 Å². The van der Waals surface area contributed by atoms with Crippen LogP contribution in [0.3, 0.4) is 0 Å². The fraction of sp³-hybridized carbons (Fsp3) is 0.409. The van der Waals surface area contributed by atoms with Crippen molar-refractivity contribution in [2.45, 2.75) is 32.8 Å². The third-order valence-corrected chi connectivity index (χ3v) is 6.32. The minimum Gasteiger partial charge on any atom is -0.491 e. The van der Waals surface area contributed by atoms with Crippen LogP contribution in [0, 0.1) is 0 Å². The van der Waals surface area contributed by atoms with Crippen molar-refractivity contribution in [1.82, 2.24) is 9.62 Å². The van der Waals surface area contributed by atoms with E-state index < -0.39 is 10.2 Å². The van der Waals surface area contributed by atoms with Crippen molar-refractivity contribution in [2.75, 3.05) is 32.0 Å². The van der Waals surface area contributed by atoms with Crippen LogP contribution < -0.4 is 14.4 Å². The van der Waals surface area contributed by atoms with Crippen molar-refractivity contribution in [2.24, 2.45) is 0 Å². The number of nitrogens with zero attached hydrogens (tertiary/aromatic N) is 2. The summed E-state index contributed by atoms with van der Waals surface area (Å²) in [6, 6.07) is 14.5. The molecule has 0 heterocycles. The maximum Gasteiger partial charge on any atom is 0.303 e. The van der Waals surface area contributed by atoms with Gasteiger partial charge in [-0.2, -0.15) is 12.7 Å². The van der Waals surface area contributed by atoms with Crippen molar-refractivity contribution >= 4 is 21.8 Å². The van der Waals surface area contributed by atoms with Crippen molar-refractivity contribution in [3.05, 3.63) is 59.7 Å². The third-order valence-electron chi connectivity index (χ3n) is 4.50. The minimum absolute atomic E-state index is 0.133. The highest BCUT2D eigenvalue weighted by Gasteiger charge is 2.21. The molecule has 0 bridgehead atoms. The van der Waals surface area contributed by atoms with Gasteiger partial charge in [-0.1, -0.05) is 12.1 Å². The molecule has 0 aliphatic heterocycles. The molecule has 0 aliphatic carbocycles. The maximum absolute atomic E-state index is 12.3. The van der Waals surface area contributed by atoms with Crippen LogP contribution >= 0.6 is 0 Å². The Labute approximate surface area is 179 Å². The van der Waals surface area contributed by atoms with Gasteiger partial charge in [-0.15, -0.1) is 0 Å². The quantitative estimate of drug-likeness (QED) is 0.584. The molecule has 1 N–H and O–H groups in total. The summed E-state index contributed by atoms with van der Waals surface area (Å²) >= 11 is 0. The standard InChI is InChI=1S/C22H31N3O4S/c1-17(2)29-21-10-6-8-18(16-21)9-7-15-23-22(26)19-11-13-20(14-12-19)25(5)30(27,28)24(3)4/h6,8,10-14,16-17H,7,9,15H2,1-5H3,(H,23,26). The summed E-state index contributed by atoms with van der Waals surface area (Å²) in [7, 11) is 0.865. The Hall–Kier alpha value is -2.58. The maximum atomic E-state index is 12.3. The zero-order valence-corrected chi connectivity index (χ0v) is 19.1. The van der Waals surface area contributed by atoms with E-state index >= 15 is 0 Å². The molecule has 0 unspecified atom stereocenters. The lowest BCUT2D eigenvalue weighted by Gasteiger charge is -2.23. The number of carbonyl (C=O) groups is 1. The molecule has 2 rings (SSSR count). The Morgan fingerprint density at radius 2 is 1.73 bits per heavy atom. The number of ether oxygens (including phenoxy) is 1. The topological polar surface area (TPSA) is 79.0 Å². The van der Waals surface area contributed by atoms with E-state index in [1.807, 2.05) is 38.1 Å². The number of aryl methyl sites for hydroxylation is 1. The summed E-state index contributed by atoms with van der Waals surface area (Å²) in [5, 5.41) is 2.90. The molecule has 2 aromatic carbocycles. The summed E-state index contributed by atoms with van der Waals surface area (Å²) in [6.07, 6.45) is 1.77. The Kier molecular flexibility index (Phi) is 8.25. The number of anilines is 1. The van der Waals surface area contributed by atoms with Gasteiger partial charge in [-0.05, 0) is 68.7 Å². The molecule has 0 radical (unpaired) electrons. The van der Waals surface area contributed by atoms with Gasteiger partial charge in [0.05, 0.1) is 11.8 Å². The molecule has 30 heavy (non-hydrogen) atoms. The van der Waals surface area contributed by atoms with Crippen LogP contribution in [0.5, 0.6) is 5.75 Å². The lowest BCUT2D eigenvalue weighted by atomic mass is 10.1. The second-order valence-corrected chi connectivity index (χ2v) is 9.65. The second-order valence-electron chi connectivity index (χ2n) is 7.48. The van der Waals surface area contributed by atoms with E-state index in [4.69, 9.17) is 4.74 Å². The molecule has 0 aromatic heterocycles.